The fraction of sp³-hybridized carbons (Fsp3) is 0.333. The summed E-state index contributed by atoms with van der Waals surface area (Å²) in [7, 11) is -3.78. The molecule has 0 atom stereocenters. The number of hydrogen-bond donors (Lipinski definition) is 1. The highest BCUT2D eigenvalue weighted by Crippen LogP contribution is 2.13. The molecule has 19 heavy (non-hydrogen) atoms. The van der Waals surface area contributed by atoms with Crippen LogP contribution in [-0.4, -0.2) is 41.9 Å². The second-order valence-corrected chi connectivity index (χ2v) is 5.62. The van der Waals surface area contributed by atoms with E-state index >= 15 is 0 Å². The molecule has 0 radical (unpaired) electrons. The molecule has 7 heteroatoms. The van der Waals surface area contributed by atoms with Crippen molar-refractivity contribution in [2.45, 2.75) is 18.4 Å². The van der Waals surface area contributed by atoms with Gasteiger partial charge in [-0.25, -0.2) is 18.2 Å². The number of sulfonamides is 1. The van der Waals surface area contributed by atoms with Gasteiger partial charge in [-0.15, -0.1) is 6.42 Å². The van der Waals surface area contributed by atoms with E-state index in [-0.39, 0.29) is 23.7 Å². The standard InChI is InChI=1S/C12H14N2O4S/c1-3-7-14(8-4-2)19(17,18)11-6-5-10(9-13-11)12(15)16/h1,5-6,9H,4,7-8H2,2H3,(H,15,16). The largest absolute Gasteiger partial charge is 0.478 e. The van der Waals surface area contributed by atoms with Crippen LogP contribution in [0.15, 0.2) is 23.4 Å². The SMILES string of the molecule is C#CCN(CCC)S(=O)(=O)c1ccc(C(=O)O)cn1. The van der Waals surface area contributed by atoms with Crippen molar-refractivity contribution in [3.05, 3.63) is 23.9 Å². The van der Waals surface area contributed by atoms with E-state index in [1.807, 2.05) is 6.92 Å². The van der Waals surface area contributed by atoms with Crippen LogP contribution in [0.2, 0.25) is 0 Å². The Bertz CT molecular complexity index is 587. The van der Waals surface area contributed by atoms with Crippen molar-refractivity contribution in [1.29, 1.82) is 0 Å². The first-order valence-electron chi connectivity index (χ1n) is 5.56. The molecule has 0 saturated heterocycles. The maximum absolute atomic E-state index is 12.2. The first-order valence-corrected chi connectivity index (χ1v) is 7.00. The highest BCUT2D eigenvalue weighted by molar-refractivity contribution is 7.89. The second-order valence-electron chi connectivity index (χ2n) is 3.73. The van der Waals surface area contributed by atoms with Crippen molar-refractivity contribution < 1.29 is 18.3 Å². The summed E-state index contributed by atoms with van der Waals surface area (Å²) >= 11 is 0. The molecule has 1 heterocycles. The molecule has 0 saturated carbocycles. The molecule has 0 aliphatic carbocycles. The van der Waals surface area contributed by atoms with Crippen molar-refractivity contribution in [2.75, 3.05) is 13.1 Å². The van der Waals surface area contributed by atoms with Gasteiger partial charge in [-0.2, -0.15) is 4.31 Å². The predicted molar refractivity (Wildman–Crippen MR) is 69.1 cm³/mol. The molecule has 0 unspecified atom stereocenters. The van der Waals surface area contributed by atoms with E-state index in [2.05, 4.69) is 10.9 Å². The number of carboxylic acids is 1. The molecule has 0 fully saturated rings. The lowest BCUT2D eigenvalue weighted by molar-refractivity contribution is 0.0696. The molecule has 0 aromatic carbocycles. The van der Waals surface area contributed by atoms with Crippen LogP contribution in [0.25, 0.3) is 0 Å². The molecule has 0 aliphatic rings. The number of rotatable bonds is 6. The number of nitrogens with zero attached hydrogens (tertiary/aromatic N) is 2. The van der Waals surface area contributed by atoms with Gasteiger partial charge in [0.1, 0.15) is 0 Å². The van der Waals surface area contributed by atoms with E-state index in [0.717, 1.165) is 16.6 Å². The number of terminal acetylenes is 1. The monoisotopic (exact) mass is 282 g/mol. The summed E-state index contributed by atoms with van der Waals surface area (Å²) in [5.74, 6) is 1.12. The summed E-state index contributed by atoms with van der Waals surface area (Å²) in [5, 5.41) is 8.52. The van der Waals surface area contributed by atoms with Crippen LogP contribution in [0, 0.1) is 12.3 Å². The van der Waals surface area contributed by atoms with Gasteiger partial charge in [0.15, 0.2) is 5.03 Å². The number of aromatic nitrogens is 1. The zero-order chi connectivity index (χ0) is 14.5. The van der Waals surface area contributed by atoms with Crippen molar-refractivity contribution in [1.82, 2.24) is 9.29 Å². The Morgan fingerprint density at radius 3 is 2.63 bits per heavy atom. The quantitative estimate of drug-likeness (QED) is 0.780. The summed E-state index contributed by atoms with van der Waals surface area (Å²) in [6.45, 7) is 2.08. The Hall–Kier alpha value is -1.91. The van der Waals surface area contributed by atoms with E-state index in [4.69, 9.17) is 11.5 Å². The van der Waals surface area contributed by atoms with Crippen LogP contribution in [0.1, 0.15) is 23.7 Å². The Kier molecular flexibility index (Phi) is 5.03. The Labute approximate surface area is 112 Å². The summed E-state index contributed by atoms with van der Waals surface area (Å²) < 4.78 is 25.6. The molecule has 6 nitrogen and oxygen atoms in total. The lowest BCUT2D eigenvalue weighted by Crippen LogP contribution is -2.32. The zero-order valence-corrected chi connectivity index (χ0v) is 11.2. The maximum atomic E-state index is 12.2. The Morgan fingerprint density at radius 2 is 2.21 bits per heavy atom. The first-order chi connectivity index (χ1) is 8.93. The molecule has 0 aliphatic heterocycles. The van der Waals surface area contributed by atoms with Crippen LogP contribution < -0.4 is 0 Å². The molecular weight excluding hydrogens is 268 g/mol. The average Bonchev–Trinajstić information content (AvgIpc) is 2.38. The summed E-state index contributed by atoms with van der Waals surface area (Å²) in [6, 6.07) is 2.36. The molecule has 1 aromatic heterocycles. The van der Waals surface area contributed by atoms with Gasteiger partial charge in [0, 0.05) is 12.7 Å². The van der Waals surface area contributed by atoms with Gasteiger partial charge in [-0.05, 0) is 18.6 Å². The molecule has 1 aromatic rings. The van der Waals surface area contributed by atoms with Crippen molar-refractivity contribution in [3.8, 4) is 12.3 Å². The molecule has 0 spiro atoms. The fourth-order valence-electron chi connectivity index (χ4n) is 1.43. The normalized spacial score (nSPS) is 11.2. The van der Waals surface area contributed by atoms with Gasteiger partial charge in [0.05, 0.1) is 12.1 Å². The molecule has 102 valence electrons. The summed E-state index contributed by atoms with van der Waals surface area (Å²) in [6.07, 6.45) is 6.77. The third kappa shape index (κ3) is 3.53. The highest BCUT2D eigenvalue weighted by atomic mass is 32.2. The maximum Gasteiger partial charge on any atom is 0.337 e. The number of carbonyl (C=O) groups is 1. The van der Waals surface area contributed by atoms with Gasteiger partial charge < -0.3 is 5.11 Å². The molecule has 0 bridgehead atoms. The lowest BCUT2D eigenvalue weighted by atomic mass is 10.3. The Balaban J connectivity index is 3.11. The third-order valence-electron chi connectivity index (χ3n) is 2.33. The van der Waals surface area contributed by atoms with E-state index in [9.17, 15) is 13.2 Å². The molecule has 0 amide bonds. The minimum atomic E-state index is -3.78. The number of pyridine rings is 1. The fourth-order valence-corrected chi connectivity index (χ4v) is 2.78. The van der Waals surface area contributed by atoms with Gasteiger partial charge in [-0.3, -0.25) is 0 Å². The lowest BCUT2D eigenvalue weighted by Gasteiger charge is -2.18. The van der Waals surface area contributed by atoms with Crippen molar-refractivity contribution >= 4 is 16.0 Å². The number of aromatic carboxylic acids is 1. The van der Waals surface area contributed by atoms with Crippen molar-refractivity contribution in [2.24, 2.45) is 0 Å². The van der Waals surface area contributed by atoms with Gasteiger partial charge in [-0.1, -0.05) is 12.8 Å². The topological polar surface area (TPSA) is 87.6 Å². The predicted octanol–water partition coefficient (Wildman–Crippen LogP) is 0.814. The minimum absolute atomic E-state index is 0.0431. The molecule has 1 rings (SSSR count). The van der Waals surface area contributed by atoms with Crippen LogP contribution in [-0.2, 0) is 10.0 Å². The number of carboxylic acid groups (broad SMARTS) is 1. The number of hydrogen-bond acceptors (Lipinski definition) is 4. The summed E-state index contributed by atoms with van der Waals surface area (Å²) in [5.41, 5.74) is -0.0714. The molecular formula is C12H14N2O4S. The van der Waals surface area contributed by atoms with Crippen LogP contribution >= 0.6 is 0 Å². The van der Waals surface area contributed by atoms with Crippen LogP contribution in [0.5, 0.6) is 0 Å². The van der Waals surface area contributed by atoms with Gasteiger partial charge >= 0.3 is 5.97 Å². The average molecular weight is 282 g/mol. The van der Waals surface area contributed by atoms with E-state index in [0.29, 0.717) is 6.42 Å². The zero-order valence-electron chi connectivity index (χ0n) is 10.4. The van der Waals surface area contributed by atoms with Gasteiger partial charge in [0.25, 0.3) is 10.0 Å². The van der Waals surface area contributed by atoms with E-state index in [1.54, 1.807) is 0 Å². The van der Waals surface area contributed by atoms with Gasteiger partial charge in [0.2, 0.25) is 0 Å². The van der Waals surface area contributed by atoms with E-state index < -0.39 is 16.0 Å². The van der Waals surface area contributed by atoms with E-state index in [1.165, 1.54) is 6.07 Å². The highest BCUT2D eigenvalue weighted by Gasteiger charge is 2.24. The second kappa shape index (κ2) is 6.31. The van der Waals surface area contributed by atoms with Crippen LogP contribution in [0.4, 0.5) is 0 Å². The van der Waals surface area contributed by atoms with Crippen molar-refractivity contribution in [3.63, 3.8) is 0 Å². The first kappa shape index (κ1) is 15.1. The smallest absolute Gasteiger partial charge is 0.337 e. The minimum Gasteiger partial charge on any atom is -0.478 e. The summed E-state index contributed by atoms with van der Waals surface area (Å²) in [4.78, 5) is 14.4. The molecule has 1 N–H and O–H groups in total. The Morgan fingerprint density at radius 1 is 1.53 bits per heavy atom. The third-order valence-corrected chi connectivity index (χ3v) is 4.09. The van der Waals surface area contributed by atoms with Crippen LogP contribution in [0.3, 0.4) is 0 Å².